The number of hydrogen-bond donors (Lipinski definition) is 1. The van der Waals surface area contributed by atoms with E-state index in [1.165, 1.54) is 0 Å². The van der Waals surface area contributed by atoms with E-state index in [0.717, 1.165) is 24.5 Å². The van der Waals surface area contributed by atoms with E-state index < -0.39 is 0 Å². The van der Waals surface area contributed by atoms with Gasteiger partial charge in [0.15, 0.2) is 11.5 Å². The molecule has 26 heavy (non-hydrogen) atoms. The van der Waals surface area contributed by atoms with Crippen LogP contribution in [0.5, 0.6) is 11.5 Å². The zero-order chi connectivity index (χ0) is 18.4. The van der Waals surface area contributed by atoms with Crippen LogP contribution >= 0.6 is 0 Å². The molecule has 0 radical (unpaired) electrons. The number of benzene rings is 2. The number of carbonyl (C=O) groups is 1. The molecule has 0 unspecified atom stereocenters. The lowest BCUT2D eigenvalue weighted by Gasteiger charge is -2.30. The molecule has 6 nitrogen and oxygen atoms in total. The van der Waals surface area contributed by atoms with Crippen molar-refractivity contribution in [2.75, 3.05) is 50.2 Å². The van der Waals surface area contributed by atoms with Gasteiger partial charge in [-0.25, -0.2) is 0 Å². The Morgan fingerprint density at radius 3 is 2.65 bits per heavy atom. The first-order chi connectivity index (χ1) is 12.7. The van der Waals surface area contributed by atoms with Gasteiger partial charge in [-0.2, -0.15) is 0 Å². The van der Waals surface area contributed by atoms with Crippen molar-refractivity contribution in [2.24, 2.45) is 0 Å². The molecule has 0 aliphatic carbocycles. The lowest BCUT2D eigenvalue weighted by molar-refractivity contribution is 0.102. The maximum Gasteiger partial charge on any atom is 0.255 e. The summed E-state index contributed by atoms with van der Waals surface area (Å²) < 4.78 is 16.2. The number of morpholine rings is 1. The van der Waals surface area contributed by atoms with Crippen LogP contribution in [0.1, 0.15) is 17.3 Å². The second-order valence-corrected chi connectivity index (χ2v) is 5.87. The van der Waals surface area contributed by atoms with Gasteiger partial charge in [0.2, 0.25) is 0 Å². The maximum absolute atomic E-state index is 12.8. The second-order valence-electron chi connectivity index (χ2n) is 5.87. The molecule has 2 aromatic rings. The predicted molar refractivity (Wildman–Crippen MR) is 102 cm³/mol. The van der Waals surface area contributed by atoms with Crippen LogP contribution < -0.4 is 19.7 Å². The topological polar surface area (TPSA) is 60.0 Å². The highest BCUT2D eigenvalue weighted by Gasteiger charge is 2.17. The number of ether oxygens (including phenoxy) is 3. The molecule has 6 heteroatoms. The molecule has 1 aliphatic rings. The molecular formula is C20H24N2O4. The summed E-state index contributed by atoms with van der Waals surface area (Å²) in [6.45, 7) is 5.40. The van der Waals surface area contributed by atoms with Gasteiger partial charge in [-0.05, 0) is 37.3 Å². The molecule has 1 aliphatic heterocycles. The van der Waals surface area contributed by atoms with E-state index in [2.05, 4.69) is 10.2 Å². The minimum atomic E-state index is -0.186. The highest BCUT2D eigenvalue weighted by molar-refractivity contribution is 6.06. The lowest BCUT2D eigenvalue weighted by atomic mass is 10.1. The normalized spacial score (nSPS) is 14.0. The molecule has 1 amide bonds. The second kappa shape index (κ2) is 8.58. The highest BCUT2D eigenvalue weighted by atomic mass is 16.5. The molecule has 0 spiro atoms. The number of nitrogens with zero attached hydrogens (tertiary/aromatic N) is 1. The number of hydrogen-bond acceptors (Lipinski definition) is 5. The van der Waals surface area contributed by atoms with E-state index in [1.54, 1.807) is 25.3 Å². The standard InChI is InChI=1S/C20H24N2O4/c1-3-26-19-14-15(8-9-18(19)24-2)20(23)21-16-6-4-5-7-17(16)22-10-12-25-13-11-22/h4-9,14H,3,10-13H2,1-2H3,(H,21,23). The van der Waals surface area contributed by atoms with Crippen LogP contribution in [0.2, 0.25) is 0 Å². The fraction of sp³-hybridized carbons (Fsp3) is 0.350. The van der Waals surface area contributed by atoms with Crippen LogP contribution in [-0.4, -0.2) is 45.9 Å². The summed E-state index contributed by atoms with van der Waals surface area (Å²) in [5.41, 5.74) is 2.31. The molecule has 0 aromatic heterocycles. The molecule has 3 rings (SSSR count). The molecule has 1 heterocycles. The molecule has 1 saturated heterocycles. The van der Waals surface area contributed by atoms with Gasteiger partial charge in [0, 0.05) is 18.7 Å². The fourth-order valence-corrected chi connectivity index (χ4v) is 2.94. The molecule has 138 valence electrons. The smallest absolute Gasteiger partial charge is 0.255 e. The fourth-order valence-electron chi connectivity index (χ4n) is 2.94. The van der Waals surface area contributed by atoms with Gasteiger partial charge in [-0.1, -0.05) is 12.1 Å². The monoisotopic (exact) mass is 356 g/mol. The Kier molecular flexibility index (Phi) is 5.96. The summed E-state index contributed by atoms with van der Waals surface area (Å²) in [6.07, 6.45) is 0. The number of rotatable bonds is 6. The Bertz CT molecular complexity index is 757. The van der Waals surface area contributed by atoms with Crippen molar-refractivity contribution in [3.8, 4) is 11.5 Å². The summed E-state index contributed by atoms with van der Waals surface area (Å²) in [5.74, 6) is 0.982. The molecule has 0 bridgehead atoms. The van der Waals surface area contributed by atoms with Crippen molar-refractivity contribution in [3.63, 3.8) is 0 Å². The number of amides is 1. The van der Waals surface area contributed by atoms with Crippen LogP contribution in [0.25, 0.3) is 0 Å². The van der Waals surface area contributed by atoms with Crippen molar-refractivity contribution in [1.82, 2.24) is 0 Å². The van der Waals surface area contributed by atoms with Crippen LogP contribution in [0.3, 0.4) is 0 Å². The number of nitrogens with one attached hydrogen (secondary N) is 1. The third kappa shape index (κ3) is 4.08. The van der Waals surface area contributed by atoms with Gasteiger partial charge in [0.05, 0.1) is 38.3 Å². The first-order valence-electron chi connectivity index (χ1n) is 8.77. The largest absolute Gasteiger partial charge is 0.493 e. The summed E-state index contributed by atoms with van der Waals surface area (Å²) in [5, 5.41) is 3.01. The van der Waals surface area contributed by atoms with E-state index in [4.69, 9.17) is 14.2 Å². The summed E-state index contributed by atoms with van der Waals surface area (Å²) >= 11 is 0. The Morgan fingerprint density at radius 1 is 1.15 bits per heavy atom. The third-order valence-corrected chi connectivity index (χ3v) is 4.23. The Morgan fingerprint density at radius 2 is 1.92 bits per heavy atom. The number of para-hydroxylation sites is 2. The Hall–Kier alpha value is -2.73. The third-order valence-electron chi connectivity index (χ3n) is 4.23. The van der Waals surface area contributed by atoms with Gasteiger partial charge < -0.3 is 24.4 Å². The number of anilines is 2. The van der Waals surface area contributed by atoms with E-state index in [1.807, 2.05) is 31.2 Å². The van der Waals surface area contributed by atoms with E-state index >= 15 is 0 Å². The minimum Gasteiger partial charge on any atom is -0.493 e. The maximum atomic E-state index is 12.8. The Balaban J connectivity index is 1.81. The number of methoxy groups -OCH3 is 1. The predicted octanol–water partition coefficient (Wildman–Crippen LogP) is 3.18. The SMILES string of the molecule is CCOc1cc(C(=O)Nc2ccccc2N2CCOCC2)ccc1OC. The van der Waals surface area contributed by atoms with Crippen molar-refractivity contribution < 1.29 is 19.0 Å². The number of carbonyl (C=O) groups excluding carboxylic acids is 1. The highest BCUT2D eigenvalue weighted by Crippen LogP contribution is 2.30. The summed E-state index contributed by atoms with van der Waals surface area (Å²) in [6, 6.07) is 13.0. The van der Waals surface area contributed by atoms with Crippen LogP contribution in [0.4, 0.5) is 11.4 Å². The van der Waals surface area contributed by atoms with Crippen molar-refractivity contribution in [2.45, 2.75) is 6.92 Å². The first kappa shape index (κ1) is 18.1. The van der Waals surface area contributed by atoms with Gasteiger partial charge in [-0.3, -0.25) is 4.79 Å². The quantitative estimate of drug-likeness (QED) is 0.861. The molecule has 0 saturated carbocycles. The van der Waals surface area contributed by atoms with Crippen LogP contribution in [0.15, 0.2) is 42.5 Å². The van der Waals surface area contributed by atoms with Gasteiger partial charge >= 0.3 is 0 Å². The molecule has 2 aromatic carbocycles. The van der Waals surface area contributed by atoms with Crippen LogP contribution in [0, 0.1) is 0 Å². The lowest BCUT2D eigenvalue weighted by Crippen LogP contribution is -2.36. The molecule has 1 fully saturated rings. The molecule has 1 N–H and O–H groups in total. The van der Waals surface area contributed by atoms with Gasteiger partial charge in [0.1, 0.15) is 0 Å². The molecular weight excluding hydrogens is 332 g/mol. The summed E-state index contributed by atoms with van der Waals surface area (Å²) in [7, 11) is 1.58. The first-order valence-corrected chi connectivity index (χ1v) is 8.77. The van der Waals surface area contributed by atoms with E-state index in [-0.39, 0.29) is 5.91 Å². The van der Waals surface area contributed by atoms with Crippen molar-refractivity contribution >= 4 is 17.3 Å². The zero-order valence-electron chi connectivity index (χ0n) is 15.2. The molecule has 0 atom stereocenters. The van der Waals surface area contributed by atoms with Crippen molar-refractivity contribution in [1.29, 1.82) is 0 Å². The minimum absolute atomic E-state index is 0.186. The van der Waals surface area contributed by atoms with E-state index in [9.17, 15) is 4.79 Å². The van der Waals surface area contributed by atoms with Gasteiger partial charge in [-0.15, -0.1) is 0 Å². The average Bonchev–Trinajstić information content (AvgIpc) is 2.69. The van der Waals surface area contributed by atoms with E-state index in [0.29, 0.717) is 36.9 Å². The zero-order valence-corrected chi connectivity index (χ0v) is 15.2. The average molecular weight is 356 g/mol. The summed E-state index contributed by atoms with van der Waals surface area (Å²) in [4.78, 5) is 15.0. The van der Waals surface area contributed by atoms with Crippen molar-refractivity contribution in [3.05, 3.63) is 48.0 Å². The van der Waals surface area contributed by atoms with Crippen LogP contribution in [-0.2, 0) is 4.74 Å². The Labute approximate surface area is 153 Å². The van der Waals surface area contributed by atoms with Gasteiger partial charge in [0.25, 0.3) is 5.91 Å².